The van der Waals surface area contributed by atoms with Crippen molar-refractivity contribution >= 4 is 6.09 Å². The highest BCUT2D eigenvalue weighted by molar-refractivity contribution is 5.67. The number of likely N-dealkylation sites (tertiary alicyclic amines) is 1. The Bertz CT molecular complexity index is 1200. The molecule has 4 atom stereocenters. The van der Waals surface area contributed by atoms with E-state index < -0.39 is 12.2 Å². The van der Waals surface area contributed by atoms with Gasteiger partial charge in [0.1, 0.15) is 25.1 Å². The van der Waals surface area contributed by atoms with Crippen LogP contribution in [0.3, 0.4) is 0 Å². The molecule has 4 rings (SSSR count). The third-order valence-corrected chi connectivity index (χ3v) is 8.66. The third kappa shape index (κ3) is 13.4. The van der Waals surface area contributed by atoms with Gasteiger partial charge in [-0.3, -0.25) is 4.90 Å². The van der Waals surface area contributed by atoms with Crippen molar-refractivity contribution in [2.45, 2.75) is 96.6 Å². The van der Waals surface area contributed by atoms with Gasteiger partial charge in [-0.15, -0.1) is 0 Å². The molecule has 0 bridgehead atoms. The first-order valence-electron chi connectivity index (χ1n) is 17.2. The Labute approximate surface area is 287 Å². The second kappa shape index (κ2) is 21.1. The molecule has 11 nitrogen and oxygen atoms in total. The van der Waals surface area contributed by atoms with Crippen LogP contribution < -0.4 is 24.8 Å². The number of methoxy groups -OCH3 is 1. The fraction of sp³-hybridized carbons (Fsp3) is 0.649. The predicted octanol–water partition coefficient (Wildman–Crippen LogP) is 4.35. The molecular formula is C37H59N3O8. The standard InChI is InChI=1S/C36H55N3O8.CH4/c1-26(2)38-23-30(41)25-47-31-11-8-27(9-12-31)15-20-46-36(42)37-17-21-45-34-13-10-28(22-35(34)43-3)16-19-44-33-7-5-4-6-32(33)39-18-14-29(40)24-39;/h8-13,22,26,29-30,32-33,38,40-41H,4-7,14-21,23-25H2,1-3H3,(H,37,42);1H4/t29-,30?,32?,33+;/m1./s1. The van der Waals surface area contributed by atoms with Gasteiger partial charge in [0.2, 0.25) is 0 Å². The number of benzene rings is 2. The maximum Gasteiger partial charge on any atom is 0.407 e. The Morgan fingerprint density at radius 3 is 2.44 bits per heavy atom. The highest BCUT2D eigenvalue weighted by Crippen LogP contribution is 2.30. The van der Waals surface area contributed by atoms with Crippen molar-refractivity contribution in [1.29, 1.82) is 0 Å². The normalized spacial score (nSPS) is 20.2. The van der Waals surface area contributed by atoms with Crippen LogP contribution in [0.15, 0.2) is 42.5 Å². The van der Waals surface area contributed by atoms with Crippen LogP contribution in [0.4, 0.5) is 4.79 Å². The Morgan fingerprint density at radius 2 is 1.71 bits per heavy atom. The molecule has 2 fully saturated rings. The second-order valence-electron chi connectivity index (χ2n) is 12.8. The van der Waals surface area contributed by atoms with E-state index in [1.807, 2.05) is 56.3 Å². The number of β-amino-alcohol motifs (C(OH)–C–C–N with tert-alkyl or cyclic N) is 1. The number of ether oxygens (including phenoxy) is 5. The highest BCUT2D eigenvalue weighted by Gasteiger charge is 2.34. The number of aliphatic hydroxyl groups is 2. The predicted molar refractivity (Wildman–Crippen MR) is 187 cm³/mol. The Kier molecular flexibility index (Phi) is 17.3. The summed E-state index contributed by atoms with van der Waals surface area (Å²) in [6.07, 6.45) is 5.77. The first kappa shape index (κ1) is 39.3. The number of nitrogens with one attached hydrogen (secondary N) is 2. The van der Waals surface area contributed by atoms with Crippen LogP contribution in [-0.2, 0) is 22.3 Å². The lowest BCUT2D eigenvalue weighted by molar-refractivity contribution is -0.0316. The summed E-state index contributed by atoms with van der Waals surface area (Å²) in [6, 6.07) is 14.1. The first-order valence-corrected chi connectivity index (χ1v) is 17.2. The average Bonchev–Trinajstić information content (AvgIpc) is 3.51. The monoisotopic (exact) mass is 673 g/mol. The van der Waals surface area contributed by atoms with Crippen molar-refractivity contribution in [2.24, 2.45) is 0 Å². The topological polar surface area (TPSA) is 131 Å². The molecule has 48 heavy (non-hydrogen) atoms. The van der Waals surface area contributed by atoms with Gasteiger partial charge in [-0.1, -0.05) is 52.3 Å². The van der Waals surface area contributed by atoms with Crippen LogP contribution in [0.1, 0.15) is 64.5 Å². The number of rotatable bonds is 19. The van der Waals surface area contributed by atoms with E-state index in [0.29, 0.717) is 55.4 Å². The van der Waals surface area contributed by atoms with Crippen molar-refractivity contribution in [3.63, 3.8) is 0 Å². The number of alkyl carbamates (subject to hydrolysis) is 1. The van der Waals surface area contributed by atoms with Crippen LogP contribution in [-0.4, -0.2) is 111 Å². The zero-order valence-electron chi connectivity index (χ0n) is 28.3. The minimum atomic E-state index is -0.579. The molecule has 0 spiro atoms. The fourth-order valence-electron chi connectivity index (χ4n) is 6.08. The van der Waals surface area contributed by atoms with E-state index in [2.05, 4.69) is 15.5 Å². The molecule has 270 valence electrons. The van der Waals surface area contributed by atoms with Gasteiger partial charge < -0.3 is 44.5 Å². The van der Waals surface area contributed by atoms with Gasteiger partial charge in [-0.25, -0.2) is 4.79 Å². The van der Waals surface area contributed by atoms with E-state index in [0.717, 1.165) is 49.9 Å². The smallest absolute Gasteiger partial charge is 0.407 e. The molecule has 0 aromatic heterocycles. The van der Waals surface area contributed by atoms with Crippen molar-refractivity contribution in [1.82, 2.24) is 15.5 Å². The maximum absolute atomic E-state index is 12.1. The number of nitrogens with zero attached hydrogens (tertiary/aromatic N) is 1. The van der Waals surface area contributed by atoms with E-state index in [1.165, 1.54) is 12.8 Å². The Balaban J connectivity index is 0.00000625. The first-order chi connectivity index (χ1) is 22.8. The van der Waals surface area contributed by atoms with E-state index in [4.69, 9.17) is 23.7 Å². The van der Waals surface area contributed by atoms with Gasteiger partial charge in [0.25, 0.3) is 0 Å². The number of aliphatic hydroxyl groups excluding tert-OH is 2. The van der Waals surface area contributed by atoms with Gasteiger partial charge in [0.15, 0.2) is 11.5 Å². The molecule has 2 unspecified atom stereocenters. The molecular weight excluding hydrogens is 614 g/mol. The minimum absolute atomic E-state index is 0. The van der Waals surface area contributed by atoms with E-state index >= 15 is 0 Å². The summed E-state index contributed by atoms with van der Waals surface area (Å²) in [5.41, 5.74) is 2.12. The molecule has 4 N–H and O–H groups in total. The zero-order chi connectivity index (χ0) is 33.4. The molecule has 2 aliphatic rings. The lowest BCUT2D eigenvalue weighted by Crippen LogP contribution is -2.46. The van der Waals surface area contributed by atoms with Crippen molar-refractivity contribution in [2.75, 3.05) is 59.7 Å². The van der Waals surface area contributed by atoms with Crippen LogP contribution in [0.5, 0.6) is 17.2 Å². The molecule has 2 aromatic rings. The van der Waals surface area contributed by atoms with Crippen LogP contribution in [0, 0.1) is 0 Å². The van der Waals surface area contributed by atoms with E-state index in [9.17, 15) is 15.0 Å². The van der Waals surface area contributed by atoms with Crippen molar-refractivity contribution in [3.05, 3.63) is 53.6 Å². The molecule has 1 amide bonds. The quantitative estimate of drug-likeness (QED) is 0.160. The van der Waals surface area contributed by atoms with Gasteiger partial charge in [-0.2, -0.15) is 0 Å². The lowest BCUT2D eigenvalue weighted by atomic mass is 9.91. The lowest BCUT2D eigenvalue weighted by Gasteiger charge is -2.37. The molecule has 1 aliphatic heterocycles. The van der Waals surface area contributed by atoms with Crippen LogP contribution in [0.2, 0.25) is 0 Å². The second-order valence-corrected chi connectivity index (χ2v) is 12.8. The zero-order valence-corrected chi connectivity index (χ0v) is 28.3. The number of amides is 1. The highest BCUT2D eigenvalue weighted by atomic mass is 16.5. The molecule has 2 aromatic carbocycles. The average molecular weight is 674 g/mol. The maximum atomic E-state index is 12.1. The summed E-state index contributed by atoms with van der Waals surface area (Å²) in [7, 11) is 1.62. The summed E-state index contributed by atoms with van der Waals surface area (Å²) in [5.74, 6) is 1.93. The summed E-state index contributed by atoms with van der Waals surface area (Å²) in [5, 5.41) is 25.9. The van der Waals surface area contributed by atoms with Gasteiger partial charge in [-0.05, 0) is 61.1 Å². The third-order valence-electron chi connectivity index (χ3n) is 8.66. The van der Waals surface area contributed by atoms with Crippen LogP contribution in [0.25, 0.3) is 0 Å². The minimum Gasteiger partial charge on any atom is -0.493 e. The molecule has 0 radical (unpaired) electrons. The molecule has 1 saturated heterocycles. The van der Waals surface area contributed by atoms with Gasteiger partial charge in [0.05, 0.1) is 39.1 Å². The van der Waals surface area contributed by atoms with E-state index in [1.54, 1.807) is 7.11 Å². The SMILES string of the molecule is C.COc1cc(CCO[C@H]2CCCCC2N2CC[C@@H](O)C2)ccc1OCCNC(=O)OCCc1ccc(OCC(O)CNC(C)C)cc1. The number of hydrogen-bond donors (Lipinski definition) is 4. The summed E-state index contributed by atoms with van der Waals surface area (Å²) >= 11 is 0. The van der Waals surface area contributed by atoms with Crippen molar-refractivity contribution < 1.29 is 38.7 Å². The van der Waals surface area contributed by atoms with Gasteiger partial charge in [0, 0.05) is 38.1 Å². The molecule has 1 aliphatic carbocycles. The summed E-state index contributed by atoms with van der Waals surface area (Å²) < 4.78 is 28.8. The number of hydrogen-bond acceptors (Lipinski definition) is 10. The van der Waals surface area contributed by atoms with Gasteiger partial charge >= 0.3 is 6.09 Å². The summed E-state index contributed by atoms with van der Waals surface area (Å²) in [4.78, 5) is 14.6. The molecule has 1 saturated carbocycles. The number of carbonyl (C=O) groups is 1. The number of carbonyl (C=O) groups excluding carboxylic acids is 1. The Hall–Kier alpha value is -3.09. The van der Waals surface area contributed by atoms with E-state index in [-0.39, 0.29) is 39.5 Å². The molecule has 1 heterocycles. The Morgan fingerprint density at radius 1 is 0.958 bits per heavy atom. The van der Waals surface area contributed by atoms with Crippen LogP contribution >= 0.6 is 0 Å². The summed E-state index contributed by atoms with van der Waals surface area (Å²) in [6.45, 7) is 7.91. The van der Waals surface area contributed by atoms with Crippen molar-refractivity contribution in [3.8, 4) is 17.2 Å². The largest absolute Gasteiger partial charge is 0.493 e. The fourth-order valence-corrected chi connectivity index (χ4v) is 6.08. The molecule has 11 heteroatoms.